The van der Waals surface area contributed by atoms with Gasteiger partial charge in [0, 0.05) is 6.54 Å². The zero-order valence-corrected chi connectivity index (χ0v) is 17.5. The van der Waals surface area contributed by atoms with Gasteiger partial charge in [0.25, 0.3) is 5.56 Å². The molecule has 0 bridgehead atoms. The van der Waals surface area contributed by atoms with E-state index in [1.54, 1.807) is 48.5 Å². The number of hydrogen-bond acceptors (Lipinski definition) is 5. The van der Waals surface area contributed by atoms with Crippen LogP contribution in [0.2, 0.25) is 0 Å². The van der Waals surface area contributed by atoms with E-state index >= 15 is 0 Å². The van der Waals surface area contributed by atoms with E-state index in [4.69, 9.17) is 4.74 Å². The van der Waals surface area contributed by atoms with Crippen molar-refractivity contribution in [1.82, 2.24) is 18.7 Å². The van der Waals surface area contributed by atoms with Crippen molar-refractivity contribution >= 4 is 28.3 Å². The normalized spacial score (nSPS) is 11.4. The molecule has 2 aromatic carbocycles. The molecule has 0 aliphatic carbocycles. The predicted octanol–water partition coefficient (Wildman–Crippen LogP) is 2.11. The number of nitrogens with one attached hydrogen (secondary N) is 1. The molecule has 9 nitrogen and oxygen atoms in total. The van der Waals surface area contributed by atoms with Crippen LogP contribution < -0.4 is 21.3 Å². The minimum Gasteiger partial charge on any atom is -0.495 e. The first-order chi connectivity index (χ1) is 14.9. The van der Waals surface area contributed by atoms with Gasteiger partial charge in [-0.3, -0.25) is 14.2 Å². The van der Waals surface area contributed by atoms with E-state index in [1.807, 2.05) is 13.8 Å². The van der Waals surface area contributed by atoms with Gasteiger partial charge in [-0.15, -0.1) is 5.10 Å². The van der Waals surface area contributed by atoms with Gasteiger partial charge in [-0.25, -0.2) is 13.9 Å². The Kier molecular flexibility index (Phi) is 5.33. The van der Waals surface area contributed by atoms with Gasteiger partial charge in [-0.2, -0.15) is 0 Å². The number of methoxy groups -OCH3 is 1. The summed E-state index contributed by atoms with van der Waals surface area (Å²) >= 11 is 0. The molecule has 0 fully saturated rings. The van der Waals surface area contributed by atoms with Gasteiger partial charge in [-0.05, 0) is 30.2 Å². The molecule has 0 aliphatic rings. The molecule has 0 spiro atoms. The van der Waals surface area contributed by atoms with Gasteiger partial charge in [0.1, 0.15) is 12.3 Å². The van der Waals surface area contributed by atoms with Gasteiger partial charge in [-0.1, -0.05) is 38.1 Å². The molecule has 0 atom stereocenters. The maximum Gasteiger partial charge on any atom is 0.352 e. The summed E-state index contributed by atoms with van der Waals surface area (Å²) in [5, 5.41) is 7.50. The lowest BCUT2D eigenvalue weighted by Gasteiger charge is -2.11. The number of hydrogen-bond donors (Lipinski definition) is 1. The van der Waals surface area contributed by atoms with Crippen molar-refractivity contribution in [3.8, 4) is 5.75 Å². The first kappa shape index (κ1) is 20.4. The lowest BCUT2D eigenvalue weighted by Crippen LogP contribution is -2.29. The third-order valence-corrected chi connectivity index (χ3v) is 4.91. The highest BCUT2D eigenvalue weighted by Crippen LogP contribution is 2.22. The fourth-order valence-corrected chi connectivity index (χ4v) is 3.57. The van der Waals surface area contributed by atoms with E-state index in [0.717, 1.165) is 4.68 Å². The molecule has 0 saturated carbocycles. The highest BCUT2D eigenvalue weighted by atomic mass is 16.5. The lowest BCUT2D eigenvalue weighted by molar-refractivity contribution is -0.117. The maximum absolute atomic E-state index is 13.1. The molecule has 2 aromatic heterocycles. The van der Waals surface area contributed by atoms with Crippen LogP contribution in [-0.4, -0.2) is 31.8 Å². The van der Waals surface area contributed by atoms with E-state index < -0.39 is 11.6 Å². The van der Waals surface area contributed by atoms with E-state index in [1.165, 1.54) is 16.1 Å². The molecule has 4 aromatic rings. The van der Waals surface area contributed by atoms with Gasteiger partial charge < -0.3 is 10.1 Å². The Hall–Kier alpha value is -3.88. The maximum atomic E-state index is 13.1. The van der Waals surface area contributed by atoms with Crippen LogP contribution in [0.25, 0.3) is 16.7 Å². The van der Waals surface area contributed by atoms with Crippen LogP contribution in [0.5, 0.6) is 5.75 Å². The third kappa shape index (κ3) is 3.70. The Bertz CT molecular complexity index is 1400. The number of fused-ring (bicyclic) bond motifs is 3. The number of amides is 1. The Balaban J connectivity index is 1.80. The molecular formula is C22H23N5O4. The molecule has 0 radical (unpaired) electrons. The first-order valence-electron chi connectivity index (χ1n) is 9.94. The highest BCUT2D eigenvalue weighted by molar-refractivity contribution is 5.92. The fraction of sp³-hybridized carbons (Fsp3) is 0.273. The summed E-state index contributed by atoms with van der Waals surface area (Å²) in [5.41, 5.74) is 0.254. The van der Waals surface area contributed by atoms with Crippen LogP contribution in [0.15, 0.2) is 58.1 Å². The smallest absolute Gasteiger partial charge is 0.352 e. The molecule has 0 saturated heterocycles. The molecule has 2 heterocycles. The molecule has 160 valence electrons. The molecule has 31 heavy (non-hydrogen) atoms. The number of carbonyl (C=O) groups excluding carboxylic acids is 1. The van der Waals surface area contributed by atoms with Crippen molar-refractivity contribution < 1.29 is 9.53 Å². The van der Waals surface area contributed by atoms with Crippen molar-refractivity contribution in [3.63, 3.8) is 0 Å². The van der Waals surface area contributed by atoms with E-state index in [9.17, 15) is 14.4 Å². The van der Waals surface area contributed by atoms with Crippen LogP contribution in [0.1, 0.15) is 13.8 Å². The minimum absolute atomic E-state index is 0.164. The van der Waals surface area contributed by atoms with Crippen molar-refractivity contribution in [2.24, 2.45) is 5.92 Å². The van der Waals surface area contributed by atoms with Crippen LogP contribution in [0.4, 0.5) is 5.69 Å². The van der Waals surface area contributed by atoms with Crippen molar-refractivity contribution in [1.29, 1.82) is 0 Å². The molecule has 0 aliphatic heterocycles. The van der Waals surface area contributed by atoms with Crippen molar-refractivity contribution in [2.75, 3.05) is 12.4 Å². The number of para-hydroxylation sites is 3. The molecule has 1 amide bonds. The summed E-state index contributed by atoms with van der Waals surface area (Å²) < 4.78 is 9.19. The second-order valence-electron chi connectivity index (χ2n) is 7.65. The van der Waals surface area contributed by atoms with Crippen LogP contribution >= 0.6 is 0 Å². The van der Waals surface area contributed by atoms with Gasteiger partial charge in [0.2, 0.25) is 11.7 Å². The number of benzene rings is 2. The zero-order valence-electron chi connectivity index (χ0n) is 17.5. The summed E-state index contributed by atoms with van der Waals surface area (Å²) in [6.07, 6.45) is 0. The van der Waals surface area contributed by atoms with Crippen molar-refractivity contribution in [3.05, 3.63) is 69.4 Å². The second kappa shape index (κ2) is 8.10. The summed E-state index contributed by atoms with van der Waals surface area (Å²) in [4.78, 5) is 38.8. The predicted molar refractivity (Wildman–Crippen MR) is 118 cm³/mol. The van der Waals surface area contributed by atoms with E-state index in [0.29, 0.717) is 28.9 Å². The number of ether oxygens (including phenoxy) is 1. The molecule has 1 N–H and O–H groups in total. The van der Waals surface area contributed by atoms with Crippen LogP contribution in [-0.2, 0) is 17.9 Å². The monoisotopic (exact) mass is 421 g/mol. The number of anilines is 1. The van der Waals surface area contributed by atoms with E-state index in [-0.39, 0.29) is 23.8 Å². The highest BCUT2D eigenvalue weighted by Gasteiger charge is 2.19. The first-order valence-corrected chi connectivity index (χ1v) is 9.94. The molecule has 4 rings (SSSR count). The van der Waals surface area contributed by atoms with Gasteiger partial charge >= 0.3 is 5.69 Å². The fourth-order valence-electron chi connectivity index (χ4n) is 3.57. The van der Waals surface area contributed by atoms with E-state index in [2.05, 4.69) is 10.4 Å². The topological polar surface area (TPSA) is 99.6 Å². The number of rotatable bonds is 6. The van der Waals surface area contributed by atoms with Crippen molar-refractivity contribution in [2.45, 2.75) is 26.9 Å². The third-order valence-electron chi connectivity index (χ3n) is 4.91. The quantitative estimate of drug-likeness (QED) is 0.514. The Morgan fingerprint density at radius 3 is 2.55 bits per heavy atom. The Morgan fingerprint density at radius 2 is 1.81 bits per heavy atom. The number of carbonyl (C=O) groups is 1. The van der Waals surface area contributed by atoms with Crippen LogP contribution in [0, 0.1) is 5.92 Å². The summed E-state index contributed by atoms with van der Waals surface area (Å²) in [5.74, 6) is 0.455. The molecule has 0 unspecified atom stereocenters. The standard InChI is InChI=1S/C22H23N5O4/c1-14(2)12-25-20(29)15-8-4-6-10-17(15)27-21(25)24-26(22(27)30)13-19(28)23-16-9-5-7-11-18(16)31-3/h4-11,14H,12-13H2,1-3H3,(H,23,28). The summed E-state index contributed by atoms with van der Waals surface area (Å²) in [7, 11) is 1.51. The number of nitrogens with zero attached hydrogens (tertiary/aromatic N) is 4. The Morgan fingerprint density at radius 1 is 1.10 bits per heavy atom. The molecule has 9 heteroatoms. The lowest BCUT2D eigenvalue weighted by atomic mass is 10.2. The summed E-state index contributed by atoms with van der Waals surface area (Å²) in [6, 6.07) is 13.9. The largest absolute Gasteiger partial charge is 0.495 e. The number of aromatic nitrogens is 4. The average Bonchev–Trinajstić information content (AvgIpc) is 3.07. The van der Waals surface area contributed by atoms with Gasteiger partial charge in [0.05, 0.1) is 23.7 Å². The Labute approximate surface area is 177 Å². The molecular weight excluding hydrogens is 398 g/mol. The average molecular weight is 421 g/mol. The minimum atomic E-state index is -0.487. The SMILES string of the molecule is COc1ccccc1NC(=O)Cn1nc2n(CC(C)C)c(=O)c3ccccc3n2c1=O. The second-order valence-corrected chi connectivity index (χ2v) is 7.65. The zero-order chi connectivity index (χ0) is 22.1. The van der Waals surface area contributed by atoms with Gasteiger partial charge in [0.15, 0.2) is 0 Å². The summed E-state index contributed by atoms with van der Waals surface area (Å²) in [6.45, 7) is 4.06. The van der Waals surface area contributed by atoms with Crippen LogP contribution in [0.3, 0.4) is 0 Å².